The first-order valence-corrected chi connectivity index (χ1v) is 29.2. The van der Waals surface area contributed by atoms with E-state index in [0.29, 0.717) is 0 Å². The Bertz CT molecular complexity index is 3260. The minimum Gasteiger partial charge on any atom is -0.334 e. The molecule has 0 spiro atoms. The van der Waals surface area contributed by atoms with Crippen molar-refractivity contribution in [3.63, 3.8) is 0 Å². The van der Waals surface area contributed by atoms with E-state index in [0.717, 1.165) is 0 Å². The van der Waals surface area contributed by atoms with Crippen LogP contribution in [0.3, 0.4) is 0 Å². The van der Waals surface area contributed by atoms with E-state index >= 15 is 0 Å². The molecule has 74 heavy (non-hydrogen) atoms. The lowest BCUT2D eigenvalue weighted by molar-refractivity contribution is 0.332. The Labute approximate surface area is 453 Å². The first-order chi connectivity index (χ1) is 34.2. The summed E-state index contributed by atoms with van der Waals surface area (Å²) < 4.78 is 0. The standard InChI is InChI=1S/C70H87BN2S/c1-63(2,3)43-23-21-42(22-24-43)48-35-44(64(4,5)6)25-29-55(48)73-56-41-53-52(69(17,18)33-34-70(53,19)20)40-54(56)71-60-57(37-46(38-58(60)73)66(10,11)12)72(47-27-28-50-51(39-47)68(15,16)32-31-67(50,13)14)61-49-36-45(65(7,8)9)26-30-59(49)74-62(61)71/h21-30,35-41,61-62H,31-34H2,1-20H3. The molecule has 0 amide bonds. The van der Waals surface area contributed by atoms with Crippen molar-refractivity contribution < 1.29 is 0 Å². The Morgan fingerprint density at radius 1 is 0.446 bits per heavy atom. The van der Waals surface area contributed by atoms with Crippen LogP contribution in [0.25, 0.3) is 11.1 Å². The zero-order valence-corrected chi connectivity index (χ0v) is 50.0. The number of fused-ring (bicyclic) bond motifs is 8. The minimum atomic E-state index is -0.122. The highest BCUT2D eigenvalue weighted by atomic mass is 32.2. The van der Waals surface area contributed by atoms with Crippen LogP contribution in [-0.2, 0) is 43.3 Å². The molecule has 6 aromatic rings. The number of nitrogens with zero attached hydrogens (tertiary/aromatic N) is 2. The Balaban J connectivity index is 1.28. The molecule has 6 aromatic carbocycles. The molecule has 2 nitrogen and oxygen atoms in total. The first-order valence-electron chi connectivity index (χ1n) is 28.4. The Morgan fingerprint density at radius 2 is 0.946 bits per heavy atom. The summed E-state index contributed by atoms with van der Waals surface area (Å²) >= 11 is 2.16. The molecule has 0 fully saturated rings. The predicted molar refractivity (Wildman–Crippen MR) is 324 cm³/mol. The number of thioether (sulfide) groups is 1. The maximum Gasteiger partial charge on any atom is 0.233 e. The van der Waals surface area contributed by atoms with E-state index in [1.165, 1.54) is 126 Å². The molecule has 0 bridgehead atoms. The van der Waals surface area contributed by atoms with Gasteiger partial charge in [-0.25, -0.2) is 0 Å². The summed E-state index contributed by atoms with van der Waals surface area (Å²) in [5.74, 6) is 0. The minimum absolute atomic E-state index is 0.0197. The molecule has 0 saturated heterocycles. The third kappa shape index (κ3) is 8.18. The molecule has 0 aromatic heterocycles. The van der Waals surface area contributed by atoms with Gasteiger partial charge in [-0.1, -0.05) is 193 Å². The van der Waals surface area contributed by atoms with Crippen LogP contribution in [0.5, 0.6) is 0 Å². The van der Waals surface area contributed by atoms with Gasteiger partial charge in [-0.3, -0.25) is 0 Å². The van der Waals surface area contributed by atoms with E-state index in [-0.39, 0.29) is 61.2 Å². The van der Waals surface area contributed by atoms with Gasteiger partial charge in [-0.05, 0) is 184 Å². The second-order valence-electron chi connectivity index (χ2n) is 30.4. The predicted octanol–water partition coefficient (Wildman–Crippen LogP) is 18.5. The van der Waals surface area contributed by atoms with E-state index in [2.05, 4.69) is 263 Å². The Kier molecular flexibility index (Phi) is 11.4. The maximum absolute atomic E-state index is 2.88. The van der Waals surface area contributed by atoms with Crippen molar-refractivity contribution >= 4 is 57.8 Å². The van der Waals surface area contributed by atoms with Crippen molar-refractivity contribution in [2.75, 3.05) is 9.80 Å². The van der Waals surface area contributed by atoms with Crippen LogP contribution < -0.4 is 20.7 Å². The van der Waals surface area contributed by atoms with E-state index in [9.17, 15) is 0 Å². The molecule has 11 rings (SSSR count). The monoisotopic (exact) mass is 999 g/mol. The third-order valence-corrected chi connectivity index (χ3v) is 20.5. The lowest BCUT2D eigenvalue weighted by atomic mass is 9.33. The topological polar surface area (TPSA) is 6.48 Å². The summed E-state index contributed by atoms with van der Waals surface area (Å²) in [6, 6.07) is 43.2. The van der Waals surface area contributed by atoms with Gasteiger partial charge in [-0.15, -0.1) is 11.8 Å². The van der Waals surface area contributed by atoms with Crippen LogP contribution in [0, 0.1) is 0 Å². The fraction of sp³-hybridized carbons (Fsp3) is 0.486. The normalized spacial score (nSPS) is 21.1. The number of hydrogen-bond acceptors (Lipinski definition) is 3. The third-order valence-electron chi connectivity index (χ3n) is 19.0. The number of anilines is 5. The van der Waals surface area contributed by atoms with Crippen molar-refractivity contribution in [2.24, 2.45) is 0 Å². The van der Waals surface area contributed by atoms with Crippen LogP contribution >= 0.6 is 11.8 Å². The van der Waals surface area contributed by atoms with Crippen molar-refractivity contribution in [2.45, 2.75) is 224 Å². The molecule has 3 heterocycles. The van der Waals surface area contributed by atoms with Gasteiger partial charge in [0.25, 0.3) is 0 Å². The quantitative estimate of drug-likeness (QED) is 0.163. The molecule has 2 unspecified atom stereocenters. The average Bonchev–Trinajstić information content (AvgIpc) is 3.69. The summed E-state index contributed by atoms with van der Waals surface area (Å²) in [5, 5.41) is 0.235. The second-order valence-corrected chi connectivity index (χ2v) is 31.6. The molecule has 4 heteroatoms. The van der Waals surface area contributed by atoms with Gasteiger partial charge in [0.05, 0.1) is 11.7 Å². The number of hydrogen-bond donors (Lipinski definition) is 0. The van der Waals surface area contributed by atoms with Gasteiger partial charge in [0.15, 0.2) is 0 Å². The van der Waals surface area contributed by atoms with E-state index in [1.54, 1.807) is 5.56 Å². The van der Waals surface area contributed by atoms with Gasteiger partial charge in [-0.2, -0.15) is 0 Å². The molecule has 0 radical (unpaired) electrons. The highest BCUT2D eigenvalue weighted by Gasteiger charge is 2.56. The van der Waals surface area contributed by atoms with Crippen molar-refractivity contribution in [3.8, 4) is 11.1 Å². The van der Waals surface area contributed by atoms with Crippen LogP contribution in [0.2, 0.25) is 0 Å². The summed E-state index contributed by atoms with van der Waals surface area (Å²) in [4.78, 5) is 7.09. The van der Waals surface area contributed by atoms with Crippen molar-refractivity contribution in [3.05, 3.63) is 153 Å². The molecule has 5 aliphatic rings. The van der Waals surface area contributed by atoms with E-state index in [4.69, 9.17) is 0 Å². The Morgan fingerprint density at radius 3 is 1.53 bits per heavy atom. The molecular weight excluding hydrogens is 912 g/mol. The first kappa shape index (κ1) is 51.4. The molecule has 3 aliphatic heterocycles. The fourth-order valence-corrected chi connectivity index (χ4v) is 15.3. The molecular formula is C70H87BN2S. The maximum atomic E-state index is 2.88. The molecule has 386 valence electrons. The van der Waals surface area contributed by atoms with Gasteiger partial charge >= 0.3 is 0 Å². The zero-order valence-electron chi connectivity index (χ0n) is 49.2. The van der Waals surface area contributed by atoms with Gasteiger partial charge in [0.1, 0.15) is 0 Å². The van der Waals surface area contributed by atoms with Crippen molar-refractivity contribution in [1.29, 1.82) is 0 Å². The van der Waals surface area contributed by atoms with E-state index in [1.807, 2.05) is 0 Å². The number of benzene rings is 6. The molecule has 0 N–H and O–H groups in total. The van der Waals surface area contributed by atoms with Crippen LogP contribution in [-0.4, -0.2) is 11.9 Å². The smallest absolute Gasteiger partial charge is 0.233 e. The van der Waals surface area contributed by atoms with Crippen LogP contribution in [0.4, 0.5) is 28.4 Å². The lowest BCUT2D eigenvalue weighted by Crippen LogP contribution is -2.63. The molecule has 0 saturated carbocycles. The van der Waals surface area contributed by atoms with Crippen LogP contribution in [0.15, 0.2) is 108 Å². The molecule has 2 atom stereocenters. The van der Waals surface area contributed by atoms with Gasteiger partial charge in [0.2, 0.25) is 6.71 Å². The van der Waals surface area contributed by atoms with Crippen molar-refractivity contribution in [1.82, 2.24) is 0 Å². The van der Waals surface area contributed by atoms with E-state index < -0.39 is 0 Å². The van der Waals surface area contributed by atoms with Crippen LogP contribution in [0.1, 0.15) is 220 Å². The Hall–Kier alpha value is -4.67. The lowest BCUT2D eigenvalue weighted by Gasteiger charge is -2.51. The largest absolute Gasteiger partial charge is 0.334 e. The van der Waals surface area contributed by atoms with Gasteiger partial charge < -0.3 is 9.80 Å². The second kappa shape index (κ2) is 16.4. The average molecular weight is 999 g/mol. The van der Waals surface area contributed by atoms with Gasteiger partial charge in [0, 0.05) is 38.4 Å². The highest BCUT2D eigenvalue weighted by Crippen LogP contribution is 2.60. The fourth-order valence-electron chi connectivity index (χ4n) is 13.7. The summed E-state index contributed by atoms with van der Waals surface area (Å²) in [6.07, 6.45) is 4.74. The SMILES string of the molecule is CC(C)(C)c1ccc(-c2cc(C(C)(C)C)ccc2N2c3cc4c(cc3B3c5c2cc(C(C)(C)C)cc5N(c2ccc5c(c2)C(C)(C)CCC5(C)C)C2c5cc(C(C)(C)C)ccc5SC32)C(C)(C)CCC4(C)C)cc1. The molecule has 2 aliphatic carbocycles. The number of rotatable bonds is 3. The summed E-state index contributed by atoms with van der Waals surface area (Å²) in [7, 11) is 0. The summed E-state index contributed by atoms with van der Waals surface area (Å²) in [6.45, 7) is 48.7. The highest BCUT2D eigenvalue weighted by molar-refractivity contribution is 8.02. The summed E-state index contributed by atoms with van der Waals surface area (Å²) in [5.41, 5.74) is 25.4. The zero-order chi connectivity index (χ0) is 53.4.